The van der Waals surface area contributed by atoms with Gasteiger partial charge in [0.25, 0.3) is 0 Å². The Morgan fingerprint density at radius 3 is 3.00 bits per heavy atom. The minimum atomic E-state index is 0.650. The van der Waals surface area contributed by atoms with E-state index in [2.05, 4.69) is 40.3 Å². The van der Waals surface area contributed by atoms with Gasteiger partial charge in [0, 0.05) is 19.3 Å². The Balaban J connectivity index is 2.28. The normalized spacial score (nSPS) is 11.1. The SMILES string of the molecule is C#CCN(C)CCn1cc(CNCC(C)C)nn1. The van der Waals surface area contributed by atoms with Crippen molar-refractivity contribution in [3.05, 3.63) is 11.9 Å². The highest BCUT2D eigenvalue weighted by atomic mass is 15.4. The molecular formula is C13H23N5. The lowest BCUT2D eigenvalue weighted by Gasteiger charge is -2.11. The number of rotatable bonds is 8. The molecule has 1 aromatic rings. The lowest BCUT2D eigenvalue weighted by Crippen LogP contribution is -2.23. The van der Waals surface area contributed by atoms with Crippen molar-refractivity contribution in [2.24, 2.45) is 5.92 Å². The predicted octanol–water partition coefficient (Wildman–Crippen LogP) is 0.589. The van der Waals surface area contributed by atoms with Gasteiger partial charge in [-0.05, 0) is 19.5 Å². The van der Waals surface area contributed by atoms with E-state index >= 15 is 0 Å². The Morgan fingerprint density at radius 1 is 1.56 bits per heavy atom. The molecule has 0 bridgehead atoms. The van der Waals surface area contributed by atoms with Crippen LogP contribution >= 0.6 is 0 Å². The van der Waals surface area contributed by atoms with Crippen LogP contribution in [0.25, 0.3) is 0 Å². The van der Waals surface area contributed by atoms with Crippen molar-refractivity contribution in [2.45, 2.75) is 26.9 Å². The Labute approximate surface area is 110 Å². The summed E-state index contributed by atoms with van der Waals surface area (Å²) in [7, 11) is 2.00. The molecule has 0 aromatic carbocycles. The molecule has 0 fully saturated rings. The second kappa shape index (κ2) is 7.85. The number of terminal acetylenes is 1. The molecule has 0 radical (unpaired) electrons. The number of hydrogen-bond donors (Lipinski definition) is 1. The van der Waals surface area contributed by atoms with Crippen LogP contribution in [0.3, 0.4) is 0 Å². The molecule has 18 heavy (non-hydrogen) atoms. The third kappa shape index (κ3) is 5.80. The quantitative estimate of drug-likeness (QED) is 0.685. The molecule has 0 aliphatic carbocycles. The van der Waals surface area contributed by atoms with Crippen LogP contribution in [0, 0.1) is 18.3 Å². The van der Waals surface area contributed by atoms with E-state index in [0.29, 0.717) is 12.5 Å². The fraction of sp³-hybridized carbons (Fsp3) is 0.692. The summed E-state index contributed by atoms with van der Waals surface area (Å²) in [6.45, 7) is 8.51. The van der Waals surface area contributed by atoms with Crippen molar-refractivity contribution in [2.75, 3.05) is 26.7 Å². The molecule has 0 saturated carbocycles. The van der Waals surface area contributed by atoms with E-state index in [4.69, 9.17) is 6.42 Å². The van der Waals surface area contributed by atoms with Gasteiger partial charge in [-0.2, -0.15) is 0 Å². The van der Waals surface area contributed by atoms with Crippen molar-refractivity contribution >= 4 is 0 Å². The summed E-state index contributed by atoms with van der Waals surface area (Å²) < 4.78 is 1.86. The Morgan fingerprint density at radius 2 is 2.33 bits per heavy atom. The van der Waals surface area contributed by atoms with E-state index in [-0.39, 0.29) is 0 Å². The van der Waals surface area contributed by atoms with Gasteiger partial charge < -0.3 is 5.32 Å². The van der Waals surface area contributed by atoms with E-state index in [1.54, 1.807) is 0 Å². The molecule has 1 N–H and O–H groups in total. The zero-order valence-corrected chi connectivity index (χ0v) is 11.6. The van der Waals surface area contributed by atoms with Gasteiger partial charge in [-0.1, -0.05) is 25.0 Å². The first kappa shape index (κ1) is 14.7. The molecule has 5 heteroatoms. The first-order valence-electron chi connectivity index (χ1n) is 6.33. The first-order valence-corrected chi connectivity index (χ1v) is 6.33. The maximum Gasteiger partial charge on any atom is 0.0964 e. The van der Waals surface area contributed by atoms with E-state index in [0.717, 1.165) is 31.9 Å². The largest absolute Gasteiger partial charge is 0.311 e. The van der Waals surface area contributed by atoms with Crippen LogP contribution in [0.1, 0.15) is 19.5 Å². The summed E-state index contributed by atoms with van der Waals surface area (Å²) in [4.78, 5) is 2.08. The molecule has 1 rings (SSSR count). The summed E-state index contributed by atoms with van der Waals surface area (Å²) in [5.41, 5.74) is 0.982. The minimum absolute atomic E-state index is 0.650. The van der Waals surface area contributed by atoms with Gasteiger partial charge in [0.1, 0.15) is 0 Å². The van der Waals surface area contributed by atoms with Crippen molar-refractivity contribution in [1.82, 2.24) is 25.2 Å². The number of nitrogens with one attached hydrogen (secondary N) is 1. The topological polar surface area (TPSA) is 46.0 Å². The second-order valence-electron chi connectivity index (χ2n) is 4.94. The van der Waals surface area contributed by atoms with Gasteiger partial charge >= 0.3 is 0 Å². The standard InChI is InChI=1S/C13H23N5/c1-5-6-17(4)7-8-18-11-13(15-16-18)10-14-9-12(2)3/h1,11-12,14H,6-10H2,2-4H3. The molecular weight excluding hydrogens is 226 g/mol. The molecule has 1 heterocycles. The van der Waals surface area contributed by atoms with Crippen molar-refractivity contribution in [1.29, 1.82) is 0 Å². The Hall–Kier alpha value is -1.38. The molecule has 0 spiro atoms. The molecule has 0 atom stereocenters. The van der Waals surface area contributed by atoms with Gasteiger partial charge in [0.15, 0.2) is 0 Å². The van der Waals surface area contributed by atoms with Crippen LogP contribution in [0.4, 0.5) is 0 Å². The highest BCUT2D eigenvalue weighted by Crippen LogP contribution is 1.95. The molecule has 0 aliphatic heterocycles. The number of hydrogen-bond acceptors (Lipinski definition) is 4. The van der Waals surface area contributed by atoms with E-state index in [1.807, 2.05) is 17.9 Å². The second-order valence-corrected chi connectivity index (χ2v) is 4.94. The Kier molecular flexibility index (Phi) is 6.40. The van der Waals surface area contributed by atoms with Gasteiger partial charge in [-0.15, -0.1) is 11.5 Å². The van der Waals surface area contributed by atoms with Crippen LogP contribution in [-0.2, 0) is 13.1 Å². The van der Waals surface area contributed by atoms with Crippen molar-refractivity contribution in [3.8, 4) is 12.3 Å². The van der Waals surface area contributed by atoms with Gasteiger partial charge in [-0.3, -0.25) is 9.58 Å². The highest BCUT2D eigenvalue weighted by molar-refractivity contribution is 4.92. The average molecular weight is 249 g/mol. The summed E-state index contributed by atoms with van der Waals surface area (Å²) in [5, 5.41) is 11.6. The lowest BCUT2D eigenvalue weighted by atomic mass is 10.2. The van der Waals surface area contributed by atoms with Crippen molar-refractivity contribution in [3.63, 3.8) is 0 Å². The van der Waals surface area contributed by atoms with E-state index < -0.39 is 0 Å². The van der Waals surface area contributed by atoms with Crippen molar-refractivity contribution < 1.29 is 0 Å². The van der Waals surface area contributed by atoms with Gasteiger partial charge in [0.05, 0.1) is 18.8 Å². The van der Waals surface area contributed by atoms with Crippen LogP contribution in [0.15, 0.2) is 6.20 Å². The van der Waals surface area contributed by atoms with Crippen LogP contribution in [0.2, 0.25) is 0 Å². The van der Waals surface area contributed by atoms with Crippen LogP contribution in [-0.4, -0.2) is 46.6 Å². The predicted molar refractivity (Wildman–Crippen MR) is 72.9 cm³/mol. The number of likely N-dealkylation sites (N-methyl/N-ethyl adjacent to an activating group) is 1. The number of aromatic nitrogens is 3. The molecule has 100 valence electrons. The zero-order valence-electron chi connectivity index (χ0n) is 11.6. The molecule has 0 unspecified atom stereocenters. The maximum atomic E-state index is 5.25. The fourth-order valence-electron chi connectivity index (χ4n) is 1.53. The van der Waals surface area contributed by atoms with E-state index in [1.165, 1.54) is 0 Å². The summed E-state index contributed by atoms with van der Waals surface area (Å²) in [6.07, 6.45) is 7.23. The smallest absolute Gasteiger partial charge is 0.0964 e. The maximum absolute atomic E-state index is 5.25. The average Bonchev–Trinajstić information content (AvgIpc) is 2.74. The van der Waals surface area contributed by atoms with Gasteiger partial charge in [0.2, 0.25) is 0 Å². The molecule has 0 aliphatic rings. The lowest BCUT2D eigenvalue weighted by molar-refractivity contribution is 0.345. The highest BCUT2D eigenvalue weighted by Gasteiger charge is 2.02. The summed E-state index contributed by atoms with van der Waals surface area (Å²) in [5.74, 6) is 3.27. The zero-order chi connectivity index (χ0) is 13.4. The third-order valence-electron chi connectivity index (χ3n) is 2.52. The molecule has 1 aromatic heterocycles. The van der Waals surface area contributed by atoms with Gasteiger partial charge in [-0.25, -0.2) is 0 Å². The Bertz CT molecular complexity index is 377. The molecule has 5 nitrogen and oxygen atoms in total. The minimum Gasteiger partial charge on any atom is -0.311 e. The fourth-order valence-corrected chi connectivity index (χ4v) is 1.53. The first-order chi connectivity index (χ1) is 8.61. The van der Waals surface area contributed by atoms with Crippen LogP contribution < -0.4 is 5.32 Å². The molecule has 0 saturated heterocycles. The summed E-state index contributed by atoms with van der Waals surface area (Å²) in [6, 6.07) is 0. The number of nitrogens with zero attached hydrogens (tertiary/aromatic N) is 4. The monoisotopic (exact) mass is 249 g/mol. The summed E-state index contributed by atoms with van der Waals surface area (Å²) >= 11 is 0. The van der Waals surface area contributed by atoms with Crippen LogP contribution in [0.5, 0.6) is 0 Å². The molecule has 0 amide bonds. The van der Waals surface area contributed by atoms with E-state index in [9.17, 15) is 0 Å². The third-order valence-corrected chi connectivity index (χ3v) is 2.52.